The molecule has 0 spiro atoms. The Hall–Kier alpha value is -1.61. The van der Waals surface area contributed by atoms with Crippen molar-refractivity contribution in [2.45, 2.75) is 37.6 Å². The third kappa shape index (κ3) is 4.20. The van der Waals surface area contributed by atoms with Gasteiger partial charge < -0.3 is 9.94 Å². The number of nitrogens with zero attached hydrogens (tertiary/aromatic N) is 2. The summed E-state index contributed by atoms with van der Waals surface area (Å²) in [4.78, 5) is 18.9. The lowest BCUT2D eigenvalue weighted by Gasteiger charge is -2.37. The number of hydrogen-bond donors (Lipinski definition) is 1. The standard InChI is InChI=1S/C17H18BrF3N2O3/c18-14-9-13(26-22-14)10-5-7-23(8-6-10)15(16(24)25)11-1-3-12(4-2-11)17(19,20)21/h1-4,10,13,15H,5-9H2,(H,24,25)/t13-,15+/m1/s1. The molecule has 9 heteroatoms. The number of carboxylic acids is 1. The van der Waals surface area contributed by atoms with Gasteiger partial charge in [-0.2, -0.15) is 13.2 Å². The van der Waals surface area contributed by atoms with E-state index in [0.717, 1.165) is 29.6 Å². The number of rotatable bonds is 4. The maximum Gasteiger partial charge on any atom is 0.416 e. The van der Waals surface area contributed by atoms with Crippen LogP contribution in [0.1, 0.15) is 36.4 Å². The number of halogens is 4. The molecule has 0 unspecified atom stereocenters. The Morgan fingerprint density at radius 3 is 2.35 bits per heavy atom. The van der Waals surface area contributed by atoms with E-state index < -0.39 is 23.8 Å². The minimum atomic E-state index is -4.44. The molecule has 2 aliphatic rings. The highest BCUT2D eigenvalue weighted by Crippen LogP contribution is 2.34. The van der Waals surface area contributed by atoms with E-state index in [1.165, 1.54) is 12.1 Å². The minimum absolute atomic E-state index is 0.000808. The molecule has 0 radical (unpaired) electrons. The number of benzene rings is 1. The van der Waals surface area contributed by atoms with Crippen LogP contribution < -0.4 is 0 Å². The van der Waals surface area contributed by atoms with Crippen LogP contribution in [0.15, 0.2) is 29.4 Å². The summed E-state index contributed by atoms with van der Waals surface area (Å²) in [6.07, 6.45) is -2.21. The maximum absolute atomic E-state index is 12.7. The first-order valence-corrected chi connectivity index (χ1v) is 9.07. The molecule has 2 heterocycles. The fourth-order valence-corrected chi connectivity index (χ4v) is 3.93. The molecular weight excluding hydrogens is 417 g/mol. The van der Waals surface area contributed by atoms with Crippen molar-refractivity contribution in [1.82, 2.24) is 4.90 Å². The maximum atomic E-state index is 12.7. The Labute approximate surface area is 156 Å². The summed E-state index contributed by atoms with van der Waals surface area (Å²) in [7, 11) is 0. The molecule has 0 bridgehead atoms. The van der Waals surface area contributed by atoms with Crippen LogP contribution in [0.5, 0.6) is 0 Å². The number of hydrogen-bond acceptors (Lipinski definition) is 4. The van der Waals surface area contributed by atoms with Gasteiger partial charge in [0.2, 0.25) is 0 Å². The second-order valence-electron chi connectivity index (χ2n) is 6.55. The minimum Gasteiger partial charge on any atom is -0.480 e. The van der Waals surface area contributed by atoms with Crippen LogP contribution in [-0.2, 0) is 15.8 Å². The van der Waals surface area contributed by atoms with Crippen molar-refractivity contribution in [2.24, 2.45) is 11.1 Å². The number of carboxylic acid groups (broad SMARTS) is 1. The van der Waals surface area contributed by atoms with Crippen molar-refractivity contribution in [2.75, 3.05) is 13.1 Å². The fraction of sp³-hybridized carbons (Fsp3) is 0.529. The molecule has 0 aliphatic carbocycles. The van der Waals surface area contributed by atoms with Gasteiger partial charge >= 0.3 is 12.1 Å². The number of likely N-dealkylation sites (tertiary alicyclic amines) is 1. The zero-order chi connectivity index (χ0) is 18.9. The summed E-state index contributed by atoms with van der Waals surface area (Å²) in [5, 5.41) is 13.5. The van der Waals surface area contributed by atoms with Crippen LogP contribution in [0.25, 0.3) is 0 Å². The average Bonchev–Trinajstić information content (AvgIpc) is 3.01. The Morgan fingerprint density at radius 1 is 1.27 bits per heavy atom. The third-order valence-electron chi connectivity index (χ3n) is 4.91. The molecule has 1 aromatic carbocycles. The van der Waals surface area contributed by atoms with E-state index in [2.05, 4.69) is 21.1 Å². The van der Waals surface area contributed by atoms with Gasteiger partial charge in [-0.3, -0.25) is 9.69 Å². The summed E-state index contributed by atoms with van der Waals surface area (Å²) < 4.78 is 38.9. The van der Waals surface area contributed by atoms with Gasteiger partial charge in [0, 0.05) is 12.3 Å². The van der Waals surface area contributed by atoms with E-state index >= 15 is 0 Å². The third-order valence-corrected chi connectivity index (χ3v) is 5.38. The van der Waals surface area contributed by atoms with Crippen molar-refractivity contribution in [1.29, 1.82) is 0 Å². The summed E-state index contributed by atoms with van der Waals surface area (Å²) in [6, 6.07) is 3.40. The van der Waals surface area contributed by atoms with Gasteiger partial charge in [-0.05, 0) is 59.6 Å². The van der Waals surface area contributed by atoms with Crippen LogP contribution in [0.3, 0.4) is 0 Å². The zero-order valence-corrected chi connectivity index (χ0v) is 15.3. The van der Waals surface area contributed by atoms with Gasteiger partial charge in [0.1, 0.15) is 16.8 Å². The Morgan fingerprint density at radius 2 is 1.88 bits per heavy atom. The number of aliphatic carboxylic acids is 1. The lowest BCUT2D eigenvalue weighted by atomic mass is 9.88. The van der Waals surface area contributed by atoms with Gasteiger partial charge in [-0.15, -0.1) is 0 Å². The van der Waals surface area contributed by atoms with Gasteiger partial charge in [0.15, 0.2) is 0 Å². The van der Waals surface area contributed by atoms with Crippen molar-refractivity contribution < 1.29 is 27.9 Å². The van der Waals surface area contributed by atoms with E-state index in [4.69, 9.17) is 4.84 Å². The zero-order valence-electron chi connectivity index (χ0n) is 13.7. The SMILES string of the molecule is O=C(O)[C@H](c1ccc(C(F)(F)F)cc1)N1CCC([C@H]2CC(Br)=NO2)CC1. The molecule has 0 saturated carbocycles. The van der Waals surface area contributed by atoms with Crippen LogP contribution in [0.4, 0.5) is 13.2 Å². The van der Waals surface area contributed by atoms with Crippen molar-refractivity contribution in [3.05, 3.63) is 35.4 Å². The predicted octanol–water partition coefficient (Wildman–Crippen LogP) is 4.04. The highest BCUT2D eigenvalue weighted by Gasteiger charge is 2.36. The molecule has 1 saturated heterocycles. The quantitative estimate of drug-likeness (QED) is 0.776. The smallest absolute Gasteiger partial charge is 0.416 e. The Kier molecular flexibility index (Phi) is 5.57. The van der Waals surface area contributed by atoms with E-state index in [-0.39, 0.29) is 12.0 Å². The van der Waals surface area contributed by atoms with E-state index in [1.807, 2.05) is 0 Å². The number of alkyl halides is 3. The summed E-state index contributed by atoms with van der Waals surface area (Å²) in [6.45, 7) is 1.08. The Bertz CT molecular complexity index is 685. The summed E-state index contributed by atoms with van der Waals surface area (Å²) in [5.74, 6) is -0.779. The van der Waals surface area contributed by atoms with Gasteiger partial charge in [0.25, 0.3) is 0 Å². The number of carbonyl (C=O) groups is 1. The first-order chi connectivity index (χ1) is 12.3. The molecule has 2 atom stereocenters. The molecule has 3 rings (SSSR count). The van der Waals surface area contributed by atoms with Crippen molar-refractivity contribution in [3.8, 4) is 0 Å². The molecule has 1 aromatic rings. The lowest BCUT2D eigenvalue weighted by molar-refractivity contribution is -0.144. The predicted molar refractivity (Wildman–Crippen MR) is 92.0 cm³/mol. The molecule has 5 nitrogen and oxygen atoms in total. The van der Waals surface area contributed by atoms with Gasteiger partial charge in [-0.25, -0.2) is 0 Å². The summed E-state index contributed by atoms with van der Waals surface area (Å²) >= 11 is 3.31. The van der Waals surface area contributed by atoms with Gasteiger partial charge in [0.05, 0.1) is 5.56 Å². The highest BCUT2D eigenvalue weighted by atomic mass is 79.9. The van der Waals surface area contributed by atoms with Crippen LogP contribution in [0.2, 0.25) is 0 Å². The second kappa shape index (κ2) is 7.56. The molecule has 142 valence electrons. The molecule has 26 heavy (non-hydrogen) atoms. The van der Waals surface area contributed by atoms with E-state index in [0.29, 0.717) is 25.1 Å². The number of piperidine rings is 1. The topological polar surface area (TPSA) is 62.1 Å². The lowest BCUT2D eigenvalue weighted by Crippen LogP contribution is -2.42. The Balaban J connectivity index is 1.67. The first kappa shape index (κ1) is 19.2. The number of oxime groups is 1. The van der Waals surface area contributed by atoms with Crippen LogP contribution in [-0.4, -0.2) is 39.8 Å². The van der Waals surface area contributed by atoms with Crippen molar-refractivity contribution in [3.63, 3.8) is 0 Å². The van der Waals surface area contributed by atoms with Crippen LogP contribution in [0, 0.1) is 5.92 Å². The van der Waals surface area contributed by atoms with E-state index in [9.17, 15) is 23.1 Å². The fourth-order valence-electron chi connectivity index (χ4n) is 3.53. The molecule has 1 fully saturated rings. The normalized spacial score (nSPS) is 23.4. The first-order valence-electron chi connectivity index (χ1n) is 8.28. The molecule has 0 amide bonds. The van der Waals surface area contributed by atoms with E-state index in [1.54, 1.807) is 4.90 Å². The van der Waals surface area contributed by atoms with Crippen LogP contribution >= 0.6 is 15.9 Å². The van der Waals surface area contributed by atoms with Gasteiger partial charge in [-0.1, -0.05) is 17.3 Å². The molecule has 2 aliphatic heterocycles. The molecule has 0 aromatic heterocycles. The second-order valence-corrected chi connectivity index (χ2v) is 7.46. The largest absolute Gasteiger partial charge is 0.480 e. The highest BCUT2D eigenvalue weighted by molar-refractivity contribution is 9.18. The molecular formula is C17H18BrF3N2O3. The average molecular weight is 435 g/mol. The molecule has 1 N–H and O–H groups in total. The summed E-state index contributed by atoms with van der Waals surface area (Å²) in [5.41, 5.74) is -0.430. The monoisotopic (exact) mass is 434 g/mol. The van der Waals surface area contributed by atoms with Crippen molar-refractivity contribution >= 4 is 26.5 Å².